The summed E-state index contributed by atoms with van der Waals surface area (Å²) >= 11 is 0. The van der Waals surface area contributed by atoms with Crippen molar-refractivity contribution in [2.45, 2.75) is 19.9 Å². The molecule has 104 valence electrons. The quantitative estimate of drug-likeness (QED) is 0.848. The second-order valence-electron chi connectivity index (χ2n) is 4.55. The SMILES string of the molecule is CCCNC(=O)c1cccc(NCc2ccncc2)c1. The summed E-state index contributed by atoms with van der Waals surface area (Å²) in [6.45, 7) is 3.45. The second kappa shape index (κ2) is 7.28. The van der Waals surface area contributed by atoms with Crippen LogP contribution in [0.3, 0.4) is 0 Å². The van der Waals surface area contributed by atoms with Crippen molar-refractivity contribution in [3.8, 4) is 0 Å². The number of carbonyl (C=O) groups is 1. The first kappa shape index (κ1) is 14.1. The lowest BCUT2D eigenvalue weighted by Gasteiger charge is -2.08. The van der Waals surface area contributed by atoms with Gasteiger partial charge in [-0.25, -0.2) is 0 Å². The van der Waals surface area contributed by atoms with Crippen LogP contribution in [0.4, 0.5) is 5.69 Å². The third-order valence-corrected chi connectivity index (χ3v) is 2.91. The van der Waals surface area contributed by atoms with Gasteiger partial charge in [0.15, 0.2) is 0 Å². The van der Waals surface area contributed by atoms with Crippen LogP contribution in [-0.2, 0) is 6.54 Å². The molecular weight excluding hydrogens is 250 g/mol. The topological polar surface area (TPSA) is 54.0 Å². The maximum atomic E-state index is 11.9. The molecule has 0 bridgehead atoms. The Hall–Kier alpha value is -2.36. The van der Waals surface area contributed by atoms with E-state index in [0.717, 1.165) is 17.7 Å². The number of amides is 1. The first-order chi connectivity index (χ1) is 9.79. The minimum Gasteiger partial charge on any atom is -0.381 e. The van der Waals surface area contributed by atoms with Crippen LogP contribution in [0, 0.1) is 0 Å². The molecule has 1 amide bonds. The lowest BCUT2D eigenvalue weighted by Crippen LogP contribution is -2.23. The first-order valence-electron chi connectivity index (χ1n) is 6.80. The standard InChI is InChI=1S/C16H19N3O/c1-2-8-18-16(20)14-4-3-5-15(11-14)19-12-13-6-9-17-10-7-13/h3-7,9-11,19H,2,8,12H2,1H3,(H,18,20). The van der Waals surface area contributed by atoms with Crippen molar-refractivity contribution in [3.05, 3.63) is 59.9 Å². The Balaban J connectivity index is 1.97. The zero-order valence-electron chi connectivity index (χ0n) is 11.6. The van der Waals surface area contributed by atoms with Gasteiger partial charge < -0.3 is 10.6 Å². The van der Waals surface area contributed by atoms with Crippen molar-refractivity contribution < 1.29 is 4.79 Å². The molecule has 0 saturated carbocycles. The number of anilines is 1. The van der Waals surface area contributed by atoms with E-state index >= 15 is 0 Å². The molecule has 0 aliphatic rings. The van der Waals surface area contributed by atoms with Crippen LogP contribution in [0.25, 0.3) is 0 Å². The average Bonchev–Trinajstić information content (AvgIpc) is 2.52. The Kier molecular flexibility index (Phi) is 5.12. The minimum atomic E-state index is -0.0283. The fourth-order valence-electron chi connectivity index (χ4n) is 1.82. The van der Waals surface area contributed by atoms with E-state index in [-0.39, 0.29) is 5.91 Å². The van der Waals surface area contributed by atoms with E-state index in [1.54, 1.807) is 12.4 Å². The Morgan fingerprint density at radius 3 is 2.75 bits per heavy atom. The zero-order chi connectivity index (χ0) is 14.2. The van der Waals surface area contributed by atoms with Crippen molar-refractivity contribution in [3.63, 3.8) is 0 Å². The van der Waals surface area contributed by atoms with E-state index in [0.29, 0.717) is 18.7 Å². The normalized spacial score (nSPS) is 10.1. The van der Waals surface area contributed by atoms with Gasteiger partial charge in [0.25, 0.3) is 5.91 Å². The zero-order valence-corrected chi connectivity index (χ0v) is 11.6. The molecule has 0 atom stereocenters. The number of pyridine rings is 1. The molecule has 0 unspecified atom stereocenters. The lowest BCUT2D eigenvalue weighted by molar-refractivity contribution is 0.0953. The van der Waals surface area contributed by atoms with Crippen LogP contribution in [0.2, 0.25) is 0 Å². The molecule has 2 aromatic rings. The fourth-order valence-corrected chi connectivity index (χ4v) is 1.82. The molecule has 2 rings (SSSR count). The smallest absolute Gasteiger partial charge is 0.251 e. The Morgan fingerprint density at radius 2 is 2.00 bits per heavy atom. The van der Waals surface area contributed by atoms with Gasteiger partial charge in [0, 0.05) is 36.7 Å². The number of aromatic nitrogens is 1. The maximum absolute atomic E-state index is 11.9. The number of hydrogen-bond acceptors (Lipinski definition) is 3. The number of rotatable bonds is 6. The average molecular weight is 269 g/mol. The number of nitrogens with zero attached hydrogens (tertiary/aromatic N) is 1. The van der Waals surface area contributed by atoms with Gasteiger partial charge in [-0.05, 0) is 42.3 Å². The second-order valence-corrected chi connectivity index (χ2v) is 4.55. The van der Waals surface area contributed by atoms with Crippen LogP contribution in [0.15, 0.2) is 48.8 Å². The van der Waals surface area contributed by atoms with Gasteiger partial charge in [-0.1, -0.05) is 13.0 Å². The van der Waals surface area contributed by atoms with E-state index in [9.17, 15) is 4.79 Å². The number of nitrogens with one attached hydrogen (secondary N) is 2. The molecule has 4 nitrogen and oxygen atoms in total. The predicted molar refractivity (Wildman–Crippen MR) is 80.6 cm³/mol. The van der Waals surface area contributed by atoms with Gasteiger partial charge in [0.05, 0.1) is 0 Å². The maximum Gasteiger partial charge on any atom is 0.251 e. The van der Waals surface area contributed by atoms with Crippen molar-refractivity contribution >= 4 is 11.6 Å². The molecule has 0 radical (unpaired) electrons. The molecule has 0 spiro atoms. The third kappa shape index (κ3) is 4.09. The van der Waals surface area contributed by atoms with Crippen molar-refractivity contribution in [2.24, 2.45) is 0 Å². The fraction of sp³-hybridized carbons (Fsp3) is 0.250. The van der Waals surface area contributed by atoms with Crippen LogP contribution < -0.4 is 10.6 Å². The predicted octanol–water partition coefficient (Wildman–Crippen LogP) is 2.83. The highest BCUT2D eigenvalue weighted by atomic mass is 16.1. The molecule has 2 N–H and O–H groups in total. The van der Waals surface area contributed by atoms with Gasteiger partial charge in [-0.3, -0.25) is 9.78 Å². The molecule has 1 aromatic heterocycles. The summed E-state index contributed by atoms with van der Waals surface area (Å²) < 4.78 is 0. The molecule has 20 heavy (non-hydrogen) atoms. The van der Waals surface area contributed by atoms with Gasteiger partial charge in [-0.2, -0.15) is 0 Å². The highest BCUT2D eigenvalue weighted by Gasteiger charge is 2.04. The summed E-state index contributed by atoms with van der Waals surface area (Å²) in [7, 11) is 0. The summed E-state index contributed by atoms with van der Waals surface area (Å²) in [6.07, 6.45) is 4.48. The monoisotopic (exact) mass is 269 g/mol. The lowest BCUT2D eigenvalue weighted by atomic mass is 10.1. The first-order valence-corrected chi connectivity index (χ1v) is 6.80. The Morgan fingerprint density at radius 1 is 1.20 bits per heavy atom. The van der Waals surface area contributed by atoms with Gasteiger partial charge in [-0.15, -0.1) is 0 Å². The van der Waals surface area contributed by atoms with Gasteiger partial charge in [0.1, 0.15) is 0 Å². The summed E-state index contributed by atoms with van der Waals surface area (Å²) in [6, 6.07) is 11.5. The van der Waals surface area contributed by atoms with Crippen LogP contribution >= 0.6 is 0 Å². The summed E-state index contributed by atoms with van der Waals surface area (Å²) in [4.78, 5) is 15.9. The summed E-state index contributed by atoms with van der Waals surface area (Å²) in [5.74, 6) is -0.0283. The molecule has 0 fully saturated rings. The van der Waals surface area contributed by atoms with Crippen LogP contribution in [-0.4, -0.2) is 17.4 Å². The Labute approximate surface area is 119 Å². The van der Waals surface area contributed by atoms with Crippen molar-refractivity contribution in [1.82, 2.24) is 10.3 Å². The van der Waals surface area contributed by atoms with E-state index in [2.05, 4.69) is 15.6 Å². The molecule has 0 aliphatic heterocycles. The largest absolute Gasteiger partial charge is 0.381 e. The molecule has 0 aliphatic carbocycles. The minimum absolute atomic E-state index is 0.0283. The van der Waals surface area contributed by atoms with E-state index in [1.165, 1.54) is 0 Å². The van der Waals surface area contributed by atoms with Gasteiger partial charge >= 0.3 is 0 Å². The number of benzene rings is 1. The molecule has 0 saturated heterocycles. The molecule has 1 aromatic carbocycles. The van der Waals surface area contributed by atoms with E-state index in [1.807, 2.05) is 43.3 Å². The number of hydrogen-bond donors (Lipinski definition) is 2. The molecule has 4 heteroatoms. The van der Waals surface area contributed by atoms with Crippen LogP contribution in [0.1, 0.15) is 29.3 Å². The van der Waals surface area contributed by atoms with E-state index in [4.69, 9.17) is 0 Å². The Bertz CT molecular complexity index is 555. The summed E-state index contributed by atoms with van der Waals surface area (Å²) in [5, 5.41) is 6.18. The molecule has 1 heterocycles. The number of carbonyl (C=O) groups excluding carboxylic acids is 1. The highest BCUT2D eigenvalue weighted by molar-refractivity contribution is 5.95. The third-order valence-electron chi connectivity index (χ3n) is 2.91. The molecular formula is C16H19N3O. The highest BCUT2D eigenvalue weighted by Crippen LogP contribution is 2.12. The summed E-state index contributed by atoms with van der Waals surface area (Å²) in [5.41, 5.74) is 2.77. The van der Waals surface area contributed by atoms with Gasteiger partial charge in [0.2, 0.25) is 0 Å². The van der Waals surface area contributed by atoms with Crippen molar-refractivity contribution in [1.29, 1.82) is 0 Å². The van der Waals surface area contributed by atoms with Crippen molar-refractivity contribution in [2.75, 3.05) is 11.9 Å². The van der Waals surface area contributed by atoms with Crippen LogP contribution in [0.5, 0.6) is 0 Å². The van der Waals surface area contributed by atoms with E-state index < -0.39 is 0 Å².